The summed E-state index contributed by atoms with van der Waals surface area (Å²) in [4.78, 5) is 20.7. The van der Waals surface area contributed by atoms with E-state index in [0.717, 1.165) is 5.56 Å². The number of hydrogen-bond acceptors (Lipinski definition) is 5. The minimum atomic E-state index is -0.374. The fourth-order valence-corrected chi connectivity index (χ4v) is 2.39. The van der Waals surface area contributed by atoms with Crippen LogP contribution in [0, 0.1) is 18.3 Å². The van der Waals surface area contributed by atoms with Crippen LogP contribution in [0.3, 0.4) is 0 Å². The van der Waals surface area contributed by atoms with Crippen molar-refractivity contribution in [3.05, 3.63) is 76.6 Å². The van der Waals surface area contributed by atoms with Gasteiger partial charge in [0.25, 0.3) is 5.91 Å². The van der Waals surface area contributed by atoms with E-state index in [0.29, 0.717) is 22.0 Å². The van der Waals surface area contributed by atoms with E-state index in [-0.39, 0.29) is 17.5 Å². The lowest BCUT2D eigenvalue weighted by atomic mass is 10.2. The number of amides is 1. The quantitative estimate of drug-likeness (QED) is 0.720. The molecule has 1 heterocycles. The maximum atomic E-state index is 12.4. The highest BCUT2D eigenvalue weighted by Gasteiger charge is 2.10. The van der Waals surface area contributed by atoms with Gasteiger partial charge in [-0.05, 0) is 48.9 Å². The van der Waals surface area contributed by atoms with E-state index in [1.807, 2.05) is 13.0 Å². The number of rotatable bonds is 4. The second kappa shape index (κ2) is 7.64. The van der Waals surface area contributed by atoms with Crippen LogP contribution in [0.2, 0.25) is 5.02 Å². The molecule has 1 amide bonds. The van der Waals surface area contributed by atoms with Gasteiger partial charge in [0.2, 0.25) is 5.95 Å². The Bertz CT molecular complexity index is 1010. The van der Waals surface area contributed by atoms with E-state index in [9.17, 15) is 4.79 Å². The highest BCUT2D eigenvalue weighted by molar-refractivity contribution is 6.31. The molecule has 0 radical (unpaired) electrons. The van der Waals surface area contributed by atoms with Crippen LogP contribution < -0.4 is 10.6 Å². The molecule has 128 valence electrons. The average molecular weight is 364 g/mol. The molecule has 0 saturated heterocycles. The van der Waals surface area contributed by atoms with Crippen LogP contribution in [0.15, 0.2) is 54.7 Å². The summed E-state index contributed by atoms with van der Waals surface area (Å²) in [6, 6.07) is 15.8. The third kappa shape index (κ3) is 4.15. The smallest absolute Gasteiger partial charge is 0.274 e. The lowest BCUT2D eigenvalue weighted by Crippen LogP contribution is -2.14. The monoisotopic (exact) mass is 363 g/mol. The Morgan fingerprint density at radius 3 is 2.77 bits per heavy atom. The van der Waals surface area contributed by atoms with Gasteiger partial charge >= 0.3 is 0 Å². The van der Waals surface area contributed by atoms with Crippen molar-refractivity contribution in [2.45, 2.75) is 6.92 Å². The molecule has 3 aromatic rings. The highest BCUT2D eigenvalue weighted by Crippen LogP contribution is 2.20. The molecule has 26 heavy (non-hydrogen) atoms. The normalized spacial score (nSPS) is 10.0. The van der Waals surface area contributed by atoms with Gasteiger partial charge in [-0.1, -0.05) is 23.7 Å². The first-order valence-corrected chi connectivity index (χ1v) is 8.11. The average Bonchev–Trinajstić information content (AvgIpc) is 2.65. The Morgan fingerprint density at radius 2 is 2.00 bits per heavy atom. The lowest BCUT2D eigenvalue weighted by Gasteiger charge is -2.08. The summed E-state index contributed by atoms with van der Waals surface area (Å²) >= 11 is 6.07. The number of carbonyl (C=O) groups is 1. The van der Waals surface area contributed by atoms with Gasteiger partial charge in [-0.2, -0.15) is 5.26 Å². The van der Waals surface area contributed by atoms with Gasteiger partial charge in [0, 0.05) is 22.6 Å². The third-order valence-corrected chi connectivity index (χ3v) is 3.97. The molecule has 0 bridgehead atoms. The van der Waals surface area contributed by atoms with Gasteiger partial charge in [-0.15, -0.1) is 0 Å². The summed E-state index contributed by atoms with van der Waals surface area (Å²) in [5.74, 6) is -0.115. The molecule has 0 unspecified atom stereocenters. The molecule has 0 aliphatic carbocycles. The number of nitrogens with one attached hydrogen (secondary N) is 2. The SMILES string of the molecule is Cc1ccc(NC(=O)c2ccnc(Nc3cccc(C#N)c3)n2)cc1Cl. The molecule has 0 fully saturated rings. The molecule has 1 aromatic heterocycles. The maximum Gasteiger partial charge on any atom is 0.274 e. The maximum absolute atomic E-state index is 12.4. The molecular weight excluding hydrogens is 350 g/mol. The molecule has 7 heteroatoms. The molecule has 0 spiro atoms. The molecule has 0 aliphatic rings. The summed E-state index contributed by atoms with van der Waals surface area (Å²) in [6.07, 6.45) is 1.49. The van der Waals surface area contributed by atoms with Crippen LogP contribution in [-0.2, 0) is 0 Å². The van der Waals surface area contributed by atoms with Crippen molar-refractivity contribution in [3.8, 4) is 6.07 Å². The van der Waals surface area contributed by atoms with Crippen molar-refractivity contribution >= 4 is 34.8 Å². The Hall–Kier alpha value is -3.43. The van der Waals surface area contributed by atoms with Crippen LogP contribution in [0.5, 0.6) is 0 Å². The van der Waals surface area contributed by atoms with E-state index in [4.69, 9.17) is 16.9 Å². The minimum absolute atomic E-state index is 0.204. The van der Waals surface area contributed by atoms with Crippen LogP contribution in [0.25, 0.3) is 0 Å². The second-order valence-corrected chi connectivity index (χ2v) is 5.91. The summed E-state index contributed by atoms with van der Waals surface area (Å²) < 4.78 is 0. The summed E-state index contributed by atoms with van der Waals surface area (Å²) in [5, 5.41) is 15.3. The largest absolute Gasteiger partial charge is 0.324 e. The standard InChI is InChI=1S/C19H14ClN5O/c1-12-5-6-15(10-16(12)20)23-18(26)17-7-8-22-19(25-17)24-14-4-2-3-13(9-14)11-21/h2-10H,1H3,(H,23,26)(H,22,24,25). The van der Waals surface area contributed by atoms with Gasteiger partial charge in [-0.3, -0.25) is 4.79 Å². The Labute approximate surface area is 155 Å². The Kier molecular flexibility index (Phi) is 5.11. The lowest BCUT2D eigenvalue weighted by molar-refractivity contribution is 0.102. The van der Waals surface area contributed by atoms with Gasteiger partial charge < -0.3 is 10.6 Å². The van der Waals surface area contributed by atoms with Crippen molar-refractivity contribution in [1.82, 2.24) is 9.97 Å². The summed E-state index contributed by atoms with van der Waals surface area (Å²) in [5.41, 5.74) is 2.89. The molecule has 0 aliphatic heterocycles. The number of anilines is 3. The van der Waals surface area contributed by atoms with E-state index in [1.54, 1.807) is 36.4 Å². The highest BCUT2D eigenvalue weighted by atomic mass is 35.5. The van der Waals surface area contributed by atoms with Crippen LogP contribution in [-0.4, -0.2) is 15.9 Å². The fraction of sp³-hybridized carbons (Fsp3) is 0.0526. The number of aryl methyl sites for hydroxylation is 1. The third-order valence-electron chi connectivity index (χ3n) is 3.57. The topological polar surface area (TPSA) is 90.7 Å². The number of nitrogens with zero attached hydrogens (tertiary/aromatic N) is 3. The zero-order valence-corrected chi connectivity index (χ0v) is 14.6. The number of carbonyl (C=O) groups excluding carboxylic acids is 1. The van der Waals surface area contributed by atoms with Gasteiger partial charge in [0.1, 0.15) is 5.69 Å². The number of aromatic nitrogens is 2. The zero-order chi connectivity index (χ0) is 18.5. The molecule has 2 N–H and O–H groups in total. The summed E-state index contributed by atoms with van der Waals surface area (Å²) in [6.45, 7) is 1.89. The first-order valence-electron chi connectivity index (χ1n) is 7.73. The van der Waals surface area contributed by atoms with Gasteiger partial charge in [-0.25, -0.2) is 9.97 Å². The van der Waals surface area contributed by atoms with Crippen molar-refractivity contribution in [2.75, 3.05) is 10.6 Å². The summed E-state index contributed by atoms with van der Waals surface area (Å²) in [7, 11) is 0. The van der Waals surface area contributed by atoms with Gasteiger partial charge in [0.05, 0.1) is 11.6 Å². The Balaban J connectivity index is 1.76. The number of benzene rings is 2. The number of halogens is 1. The van der Waals surface area contributed by atoms with Crippen LogP contribution in [0.1, 0.15) is 21.6 Å². The molecule has 0 atom stereocenters. The number of nitriles is 1. The first kappa shape index (κ1) is 17.4. The van der Waals surface area contributed by atoms with Crippen LogP contribution >= 0.6 is 11.6 Å². The van der Waals surface area contributed by atoms with E-state index in [2.05, 4.69) is 26.7 Å². The van der Waals surface area contributed by atoms with Crippen molar-refractivity contribution in [3.63, 3.8) is 0 Å². The predicted molar refractivity (Wildman–Crippen MR) is 101 cm³/mol. The van der Waals surface area contributed by atoms with E-state index >= 15 is 0 Å². The molecule has 0 saturated carbocycles. The van der Waals surface area contributed by atoms with Crippen molar-refractivity contribution in [1.29, 1.82) is 5.26 Å². The van der Waals surface area contributed by atoms with Crippen molar-refractivity contribution < 1.29 is 4.79 Å². The number of hydrogen-bond donors (Lipinski definition) is 2. The molecular formula is C19H14ClN5O. The molecule has 6 nitrogen and oxygen atoms in total. The minimum Gasteiger partial charge on any atom is -0.324 e. The molecule has 2 aromatic carbocycles. The van der Waals surface area contributed by atoms with Crippen molar-refractivity contribution in [2.24, 2.45) is 0 Å². The Morgan fingerprint density at radius 1 is 1.15 bits per heavy atom. The second-order valence-electron chi connectivity index (χ2n) is 5.50. The zero-order valence-electron chi connectivity index (χ0n) is 13.8. The molecule has 3 rings (SSSR count). The van der Waals surface area contributed by atoms with Crippen LogP contribution in [0.4, 0.5) is 17.3 Å². The van der Waals surface area contributed by atoms with Gasteiger partial charge in [0.15, 0.2) is 0 Å². The van der Waals surface area contributed by atoms with E-state index in [1.165, 1.54) is 12.3 Å². The van der Waals surface area contributed by atoms with E-state index < -0.39 is 0 Å². The first-order chi connectivity index (χ1) is 12.5. The fourth-order valence-electron chi connectivity index (χ4n) is 2.21. The predicted octanol–water partition coefficient (Wildman–Crippen LogP) is 4.31.